The number of nitrogens with two attached hydrogens (primary N) is 1. The lowest BCUT2D eigenvalue weighted by atomic mass is 9.96. The molecule has 0 aliphatic carbocycles. The molecule has 0 aromatic heterocycles. The summed E-state index contributed by atoms with van der Waals surface area (Å²) in [6, 6.07) is 7.63. The highest BCUT2D eigenvalue weighted by Crippen LogP contribution is 2.21. The Morgan fingerprint density at radius 1 is 1.24 bits per heavy atom. The van der Waals surface area contributed by atoms with Crippen LogP contribution in [0.1, 0.15) is 30.7 Å². The number of carbonyl (C=O) groups excluding carboxylic acids is 1. The number of hydrogen-bond donors (Lipinski definition) is 4. The number of likely N-dealkylation sites (tertiary alicyclic amines) is 1. The number of rotatable bonds is 12. The van der Waals surface area contributed by atoms with Gasteiger partial charge in [0.05, 0.1) is 12.0 Å². The first kappa shape index (κ1) is 23.2. The topological polar surface area (TPSA) is 133 Å². The zero-order valence-corrected chi connectivity index (χ0v) is 17.1. The van der Waals surface area contributed by atoms with Gasteiger partial charge in [0.15, 0.2) is 0 Å². The van der Waals surface area contributed by atoms with Gasteiger partial charge < -0.3 is 26.2 Å². The molecule has 8 nitrogen and oxygen atoms in total. The summed E-state index contributed by atoms with van der Waals surface area (Å²) in [5.74, 6) is -1.67. The highest BCUT2D eigenvalue weighted by molar-refractivity contribution is 7.99. The average Bonchev–Trinajstić information content (AvgIpc) is 3.20. The van der Waals surface area contributed by atoms with Gasteiger partial charge >= 0.3 is 11.9 Å². The van der Waals surface area contributed by atoms with Crippen LogP contribution < -0.4 is 11.1 Å². The zero-order valence-electron chi connectivity index (χ0n) is 16.3. The van der Waals surface area contributed by atoms with E-state index in [0.717, 1.165) is 0 Å². The molecule has 29 heavy (non-hydrogen) atoms. The second-order valence-corrected chi connectivity index (χ2v) is 8.14. The lowest BCUT2D eigenvalue weighted by molar-refractivity contribution is -0.148. The molecule has 0 bridgehead atoms. The van der Waals surface area contributed by atoms with Crippen LogP contribution in [0.5, 0.6) is 0 Å². The predicted molar refractivity (Wildman–Crippen MR) is 112 cm³/mol. The molecule has 1 aliphatic heterocycles. The monoisotopic (exact) mass is 423 g/mol. The van der Waals surface area contributed by atoms with E-state index in [4.69, 9.17) is 5.73 Å². The third kappa shape index (κ3) is 6.73. The van der Waals surface area contributed by atoms with Crippen LogP contribution >= 0.6 is 11.8 Å². The van der Waals surface area contributed by atoms with Crippen molar-refractivity contribution in [1.82, 2.24) is 10.2 Å². The Kier molecular flexibility index (Phi) is 9.43. The van der Waals surface area contributed by atoms with Crippen molar-refractivity contribution >= 4 is 29.6 Å². The molecule has 160 valence electrons. The molecular formula is C20H29N3O5S. The Bertz CT molecular complexity index is 688. The molecule has 1 aromatic carbocycles. The highest BCUT2D eigenvalue weighted by atomic mass is 32.2. The van der Waals surface area contributed by atoms with E-state index in [1.807, 2.05) is 6.07 Å². The van der Waals surface area contributed by atoms with E-state index in [1.165, 1.54) is 16.7 Å². The van der Waals surface area contributed by atoms with Gasteiger partial charge in [0.25, 0.3) is 0 Å². The smallest absolute Gasteiger partial charge is 0.326 e. The number of carboxylic acids is 2. The SMILES string of the molecule is NCCSC[C@H](NCCC(C(=O)O)c1ccccc1)C(=O)N1CCC[C@H]1C(=O)O. The standard InChI is InChI=1S/C20H29N3O5S/c21-9-12-29-13-16(18(24)23-11-4-7-17(23)20(27)28)22-10-8-15(19(25)26)14-5-2-1-3-6-14/h1-3,5-6,15-17,22H,4,7-13,21H2,(H,25,26)(H,27,28)/t15?,16-,17-/m0/s1. The zero-order chi connectivity index (χ0) is 21.2. The first-order chi connectivity index (χ1) is 14.0. The normalized spacial score (nSPS) is 18.4. The summed E-state index contributed by atoms with van der Waals surface area (Å²) in [4.78, 5) is 37.5. The summed E-state index contributed by atoms with van der Waals surface area (Å²) in [6.45, 7) is 1.25. The molecule has 1 fully saturated rings. The molecule has 1 unspecified atom stereocenters. The molecule has 1 amide bonds. The van der Waals surface area contributed by atoms with Crippen molar-refractivity contribution in [2.45, 2.75) is 37.3 Å². The second kappa shape index (κ2) is 11.8. The number of nitrogens with zero attached hydrogens (tertiary/aromatic N) is 1. The fourth-order valence-electron chi connectivity index (χ4n) is 3.51. The van der Waals surface area contributed by atoms with Crippen molar-refractivity contribution in [3.8, 4) is 0 Å². The molecule has 1 aliphatic rings. The minimum Gasteiger partial charge on any atom is -0.481 e. The average molecular weight is 424 g/mol. The van der Waals surface area contributed by atoms with Gasteiger partial charge in [-0.3, -0.25) is 9.59 Å². The predicted octanol–water partition coefficient (Wildman–Crippen LogP) is 0.971. The number of aliphatic carboxylic acids is 2. The Balaban J connectivity index is 2.01. The van der Waals surface area contributed by atoms with Gasteiger partial charge in [0, 0.05) is 24.6 Å². The number of carboxylic acid groups (broad SMARTS) is 2. The Labute approximate surface area is 174 Å². The molecule has 0 spiro atoms. The molecule has 9 heteroatoms. The van der Waals surface area contributed by atoms with Crippen LogP contribution in [-0.4, -0.2) is 76.2 Å². The largest absolute Gasteiger partial charge is 0.481 e. The van der Waals surface area contributed by atoms with Crippen LogP contribution in [0.3, 0.4) is 0 Å². The number of hydrogen-bond acceptors (Lipinski definition) is 6. The maximum Gasteiger partial charge on any atom is 0.326 e. The van der Waals surface area contributed by atoms with Gasteiger partial charge in [-0.15, -0.1) is 0 Å². The molecular weight excluding hydrogens is 394 g/mol. The Morgan fingerprint density at radius 3 is 2.59 bits per heavy atom. The minimum absolute atomic E-state index is 0.244. The van der Waals surface area contributed by atoms with E-state index < -0.39 is 29.9 Å². The van der Waals surface area contributed by atoms with Gasteiger partial charge in [-0.1, -0.05) is 30.3 Å². The van der Waals surface area contributed by atoms with E-state index >= 15 is 0 Å². The van der Waals surface area contributed by atoms with Crippen molar-refractivity contribution < 1.29 is 24.6 Å². The van der Waals surface area contributed by atoms with Crippen LogP contribution in [0, 0.1) is 0 Å². The van der Waals surface area contributed by atoms with Crippen LogP contribution in [0.25, 0.3) is 0 Å². The van der Waals surface area contributed by atoms with Gasteiger partial charge in [-0.05, 0) is 31.4 Å². The first-order valence-corrected chi connectivity index (χ1v) is 10.9. The third-order valence-electron chi connectivity index (χ3n) is 4.99. The third-order valence-corrected chi connectivity index (χ3v) is 6.08. The van der Waals surface area contributed by atoms with Gasteiger partial charge in [-0.25, -0.2) is 4.79 Å². The van der Waals surface area contributed by atoms with Crippen LogP contribution in [0.15, 0.2) is 30.3 Å². The van der Waals surface area contributed by atoms with Crippen LogP contribution in [0.2, 0.25) is 0 Å². The van der Waals surface area contributed by atoms with E-state index in [-0.39, 0.29) is 5.91 Å². The summed E-state index contributed by atoms with van der Waals surface area (Å²) in [5, 5.41) is 22.1. The minimum atomic E-state index is -0.987. The number of benzene rings is 1. The van der Waals surface area contributed by atoms with Crippen LogP contribution in [0.4, 0.5) is 0 Å². The summed E-state index contributed by atoms with van der Waals surface area (Å²) < 4.78 is 0. The first-order valence-electron chi connectivity index (χ1n) is 9.78. The van der Waals surface area contributed by atoms with Gasteiger partial charge in [0.1, 0.15) is 6.04 Å². The molecule has 1 aromatic rings. The molecule has 3 atom stereocenters. The summed E-state index contributed by atoms with van der Waals surface area (Å²) in [7, 11) is 0. The van der Waals surface area contributed by atoms with Crippen molar-refractivity contribution in [3.63, 3.8) is 0 Å². The van der Waals surface area contributed by atoms with E-state index in [9.17, 15) is 24.6 Å². The fraction of sp³-hybridized carbons (Fsp3) is 0.550. The maximum absolute atomic E-state index is 13.0. The van der Waals surface area contributed by atoms with Gasteiger partial charge in [0.2, 0.25) is 5.91 Å². The lowest BCUT2D eigenvalue weighted by Crippen LogP contribution is -2.51. The Morgan fingerprint density at radius 2 is 1.97 bits per heavy atom. The summed E-state index contributed by atoms with van der Waals surface area (Å²) in [5.41, 5.74) is 6.25. The molecule has 1 saturated heterocycles. The molecule has 0 saturated carbocycles. The number of nitrogens with one attached hydrogen (secondary N) is 1. The lowest BCUT2D eigenvalue weighted by Gasteiger charge is -2.27. The van der Waals surface area contributed by atoms with Crippen molar-refractivity contribution in [2.75, 3.05) is 31.1 Å². The Hall–Kier alpha value is -2.10. The van der Waals surface area contributed by atoms with E-state index in [1.54, 1.807) is 24.3 Å². The summed E-state index contributed by atoms with van der Waals surface area (Å²) in [6.07, 6.45) is 1.45. The van der Waals surface area contributed by atoms with Crippen LogP contribution in [-0.2, 0) is 14.4 Å². The fourth-order valence-corrected chi connectivity index (χ4v) is 4.34. The van der Waals surface area contributed by atoms with Crippen molar-refractivity contribution in [2.24, 2.45) is 5.73 Å². The second-order valence-electron chi connectivity index (χ2n) is 6.99. The maximum atomic E-state index is 13.0. The molecule has 5 N–H and O–H groups in total. The molecule has 1 heterocycles. The number of carbonyl (C=O) groups is 3. The number of amides is 1. The van der Waals surface area contributed by atoms with Gasteiger partial charge in [-0.2, -0.15) is 11.8 Å². The highest BCUT2D eigenvalue weighted by Gasteiger charge is 2.37. The van der Waals surface area contributed by atoms with E-state index in [0.29, 0.717) is 56.0 Å². The summed E-state index contributed by atoms with van der Waals surface area (Å²) >= 11 is 1.52. The van der Waals surface area contributed by atoms with E-state index in [2.05, 4.69) is 5.32 Å². The van der Waals surface area contributed by atoms with Crippen molar-refractivity contribution in [1.29, 1.82) is 0 Å². The van der Waals surface area contributed by atoms with Crippen molar-refractivity contribution in [3.05, 3.63) is 35.9 Å². The number of thioether (sulfide) groups is 1. The quantitative estimate of drug-likeness (QED) is 0.366. The molecule has 2 rings (SSSR count). The molecule has 0 radical (unpaired) electrons.